The van der Waals surface area contributed by atoms with Gasteiger partial charge in [0.05, 0.1) is 24.2 Å². The van der Waals surface area contributed by atoms with E-state index < -0.39 is 35.8 Å². The summed E-state index contributed by atoms with van der Waals surface area (Å²) in [6, 6.07) is 10.4. The molecule has 0 saturated carbocycles. The van der Waals surface area contributed by atoms with Gasteiger partial charge in [-0.25, -0.2) is 9.37 Å². The van der Waals surface area contributed by atoms with Crippen LogP contribution in [0.15, 0.2) is 54.6 Å². The molecule has 0 unspecified atom stereocenters. The van der Waals surface area contributed by atoms with Crippen molar-refractivity contribution in [3.63, 3.8) is 0 Å². The van der Waals surface area contributed by atoms with Gasteiger partial charge < -0.3 is 10.1 Å². The molecule has 0 fully saturated rings. The highest BCUT2D eigenvalue weighted by atomic mass is 35.5. The number of aromatic nitrogens is 1. The zero-order chi connectivity index (χ0) is 23.5. The van der Waals surface area contributed by atoms with Crippen LogP contribution in [0.3, 0.4) is 0 Å². The Kier molecular flexibility index (Phi) is 6.78. The van der Waals surface area contributed by atoms with E-state index in [4.69, 9.17) is 16.3 Å². The first-order valence-corrected chi connectivity index (χ1v) is 9.47. The van der Waals surface area contributed by atoms with E-state index in [9.17, 15) is 27.2 Å². The Bertz CT molecular complexity index is 1160. The number of hydrogen-bond acceptors (Lipinski definition) is 4. The van der Waals surface area contributed by atoms with Gasteiger partial charge in [0.15, 0.2) is 5.78 Å². The molecule has 0 atom stereocenters. The molecule has 32 heavy (non-hydrogen) atoms. The second-order valence-corrected chi connectivity index (χ2v) is 6.96. The summed E-state index contributed by atoms with van der Waals surface area (Å²) in [4.78, 5) is 28.9. The van der Waals surface area contributed by atoms with Crippen LogP contribution in [-0.2, 0) is 6.18 Å². The van der Waals surface area contributed by atoms with E-state index in [0.29, 0.717) is 11.3 Å². The molecule has 0 radical (unpaired) electrons. The van der Waals surface area contributed by atoms with Gasteiger partial charge in [-0.15, -0.1) is 0 Å². The van der Waals surface area contributed by atoms with Gasteiger partial charge in [0, 0.05) is 11.1 Å². The van der Waals surface area contributed by atoms with E-state index in [1.54, 1.807) is 0 Å². The number of amides is 1. The van der Waals surface area contributed by atoms with Gasteiger partial charge in [0.25, 0.3) is 5.91 Å². The molecule has 1 N–H and O–H groups in total. The van der Waals surface area contributed by atoms with Gasteiger partial charge in [-0.3, -0.25) is 9.59 Å². The first kappa shape index (κ1) is 23.2. The molecule has 1 aromatic heterocycles. The number of hydrogen-bond donors (Lipinski definition) is 1. The predicted molar refractivity (Wildman–Crippen MR) is 109 cm³/mol. The van der Waals surface area contributed by atoms with Crippen molar-refractivity contribution in [2.24, 2.45) is 0 Å². The lowest BCUT2D eigenvalue weighted by atomic mass is 10.1. The average Bonchev–Trinajstić information content (AvgIpc) is 2.78. The van der Waals surface area contributed by atoms with Crippen molar-refractivity contribution in [2.45, 2.75) is 6.18 Å². The Morgan fingerprint density at radius 2 is 1.75 bits per heavy atom. The second-order valence-electron chi connectivity index (χ2n) is 6.56. The molecule has 2 aromatic carbocycles. The molecule has 1 heterocycles. The van der Waals surface area contributed by atoms with Crippen LogP contribution in [0.2, 0.25) is 5.02 Å². The second kappa shape index (κ2) is 9.35. The predicted octanol–water partition coefficient (Wildman–Crippen LogP) is 5.18. The fraction of sp³-hybridized carbons (Fsp3) is 0.136. The highest BCUT2D eigenvalue weighted by molar-refractivity contribution is 6.31. The first-order valence-electron chi connectivity index (χ1n) is 9.09. The maximum Gasteiger partial charge on any atom is 0.416 e. The van der Waals surface area contributed by atoms with Crippen molar-refractivity contribution in [2.75, 3.05) is 13.7 Å². The summed E-state index contributed by atoms with van der Waals surface area (Å²) >= 11 is 5.82. The number of nitrogens with one attached hydrogen (secondary N) is 1. The van der Waals surface area contributed by atoms with Crippen LogP contribution in [0, 0.1) is 5.82 Å². The summed E-state index contributed by atoms with van der Waals surface area (Å²) in [5, 5.41) is 2.22. The third-order valence-corrected chi connectivity index (χ3v) is 4.73. The third-order valence-electron chi connectivity index (χ3n) is 4.44. The molecule has 0 aliphatic heterocycles. The Morgan fingerprint density at radius 1 is 1.06 bits per heavy atom. The van der Waals surface area contributed by atoms with Gasteiger partial charge in [-0.1, -0.05) is 11.6 Å². The molecule has 3 rings (SSSR count). The van der Waals surface area contributed by atoms with Crippen LogP contribution in [0.4, 0.5) is 17.6 Å². The monoisotopic (exact) mass is 466 g/mol. The molecule has 0 aliphatic rings. The highest BCUT2D eigenvalue weighted by Crippen LogP contribution is 2.31. The molecular weight excluding hydrogens is 452 g/mol. The fourth-order valence-corrected chi connectivity index (χ4v) is 2.96. The minimum Gasteiger partial charge on any atom is -0.494 e. The molecule has 10 heteroatoms. The fourth-order valence-electron chi connectivity index (χ4n) is 2.78. The minimum absolute atomic E-state index is 0.00559. The molecule has 0 aliphatic carbocycles. The van der Waals surface area contributed by atoms with Crippen molar-refractivity contribution in [3.8, 4) is 17.0 Å². The maximum atomic E-state index is 13.5. The number of methoxy groups -OCH3 is 1. The lowest BCUT2D eigenvalue weighted by Gasteiger charge is -2.11. The lowest BCUT2D eigenvalue weighted by Crippen LogP contribution is -2.30. The number of benzene rings is 2. The summed E-state index contributed by atoms with van der Waals surface area (Å²) in [5.41, 5.74) is -0.268. The number of halogens is 5. The Hall–Kier alpha value is -3.46. The maximum absolute atomic E-state index is 13.5. The van der Waals surface area contributed by atoms with Gasteiger partial charge in [0.1, 0.15) is 23.0 Å². The Labute approximate surface area is 185 Å². The molecule has 0 spiro atoms. The number of alkyl halides is 3. The number of carbonyl (C=O) groups is 2. The summed E-state index contributed by atoms with van der Waals surface area (Å²) in [5.74, 6) is -1.57. The first-order chi connectivity index (χ1) is 15.1. The van der Waals surface area contributed by atoms with Gasteiger partial charge in [-0.2, -0.15) is 13.2 Å². The van der Waals surface area contributed by atoms with Gasteiger partial charge in [-0.05, 0) is 54.6 Å². The Morgan fingerprint density at radius 3 is 2.34 bits per heavy atom. The summed E-state index contributed by atoms with van der Waals surface area (Å²) in [6.07, 6.45) is -4.52. The van der Waals surface area contributed by atoms with Crippen molar-refractivity contribution in [1.29, 1.82) is 0 Å². The molecule has 5 nitrogen and oxygen atoms in total. The van der Waals surface area contributed by atoms with E-state index in [-0.39, 0.29) is 22.0 Å². The zero-order valence-electron chi connectivity index (χ0n) is 16.5. The molecular formula is C22H15ClF4N2O3. The minimum atomic E-state index is -4.52. The van der Waals surface area contributed by atoms with E-state index in [0.717, 1.165) is 30.3 Å². The quantitative estimate of drug-likeness (QED) is 0.401. The van der Waals surface area contributed by atoms with Gasteiger partial charge in [0.2, 0.25) is 0 Å². The van der Waals surface area contributed by atoms with E-state index in [2.05, 4.69) is 10.3 Å². The van der Waals surface area contributed by atoms with Crippen molar-refractivity contribution >= 4 is 23.3 Å². The number of nitrogens with zero attached hydrogens (tertiary/aromatic N) is 1. The van der Waals surface area contributed by atoms with E-state index >= 15 is 0 Å². The van der Waals surface area contributed by atoms with Crippen LogP contribution in [0.25, 0.3) is 11.3 Å². The standard InChI is InChI=1S/C22H15ClF4N2O3/c1-32-19-9-8-17(29-20(19)13-4-7-16(24)15(23)10-13)18(30)11-28-21(31)12-2-5-14(6-3-12)22(25,26)27/h2-10H,11H2,1H3,(H,28,31). The molecule has 0 bridgehead atoms. The van der Waals surface area contributed by atoms with E-state index in [1.165, 1.54) is 31.4 Å². The number of pyridine rings is 1. The third kappa shape index (κ3) is 5.23. The highest BCUT2D eigenvalue weighted by Gasteiger charge is 2.30. The SMILES string of the molecule is COc1ccc(C(=O)CNC(=O)c2ccc(C(F)(F)F)cc2)nc1-c1ccc(F)c(Cl)c1. The lowest BCUT2D eigenvalue weighted by molar-refractivity contribution is -0.137. The zero-order valence-corrected chi connectivity index (χ0v) is 17.2. The van der Waals surface area contributed by atoms with Crippen LogP contribution < -0.4 is 10.1 Å². The normalized spacial score (nSPS) is 11.2. The van der Waals surface area contributed by atoms with Crippen LogP contribution in [0.5, 0.6) is 5.75 Å². The van der Waals surface area contributed by atoms with Crippen molar-refractivity contribution in [3.05, 3.63) is 82.3 Å². The van der Waals surface area contributed by atoms with Crippen LogP contribution in [-0.4, -0.2) is 30.3 Å². The number of rotatable bonds is 6. The van der Waals surface area contributed by atoms with Crippen molar-refractivity contribution < 1.29 is 31.9 Å². The summed E-state index contributed by atoms with van der Waals surface area (Å²) in [7, 11) is 1.40. The molecule has 1 amide bonds. The topological polar surface area (TPSA) is 68.3 Å². The van der Waals surface area contributed by atoms with Crippen LogP contribution in [0.1, 0.15) is 26.4 Å². The van der Waals surface area contributed by atoms with Crippen LogP contribution >= 0.6 is 11.6 Å². The average molecular weight is 467 g/mol. The summed E-state index contributed by atoms with van der Waals surface area (Å²) < 4.78 is 56.6. The van der Waals surface area contributed by atoms with E-state index in [1.807, 2.05) is 0 Å². The molecule has 0 saturated heterocycles. The number of ether oxygens (including phenoxy) is 1. The van der Waals surface area contributed by atoms with Gasteiger partial charge >= 0.3 is 6.18 Å². The summed E-state index contributed by atoms with van der Waals surface area (Å²) in [6.45, 7) is -0.442. The number of carbonyl (C=O) groups excluding carboxylic acids is 2. The molecule has 166 valence electrons. The smallest absolute Gasteiger partial charge is 0.416 e. The number of Topliss-reactive ketones (excluding diaryl/α,β-unsaturated/α-hetero) is 1. The number of ketones is 1. The van der Waals surface area contributed by atoms with Crippen molar-refractivity contribution in [1.82, 2.24) is 10.3 Å². The molecule has 3 aromatic rings. The Balaban J connectivity index is 1.75. The largest absolute Gasteiger partial charge is 0.494 e.